The number of hydrogen-bond donors (Lipinski definition) is 3. The van der Waals surface area contributed by atoms with E-state index in [2.05, 4.69) is 5.32 Å². The van der Waals surface area contributed by atoms with Crippen molar-refractivity contribution in [2.24, 2.45) is 5.73 Å². The van der Waals surface area contributed by atoms with Crippen LogP contribution in [0, 0.1) is 0 Å². The Labute approximate surface area is 160 Å². The molecule has 0 fully saturated rings. The van der Waals surface area contributed by atoms with Gasteiger partial charge < -0.3 is 16.2 Å². The minimum Gasteiger partial charge on any atom is -0.465 e. The average Bonchev–Trinajstić information content (AvgIpc) is 2.49. The lowest BCUT2D eigenvalue weighted by Gasteiger charge is -2.40. The number of primary amides is 1. The van der Waals surface area contributed by atoms with Crippen molar-refractivity contribution in [1.82, 2.24) is 10.2 Å². The van der Waals surface area contributed by atoms with Gasteiger partial charge >= 0.3 is 12.3 Å². The molecule has 0 saturated heterocycles. The summed E-state index contributed by atoms with van der Waals surface area (Å²) in [6.07, 6.45) is -6.42. The molecule has 1 unspecified atom stereocenters. The SMILES string of the molecule is CC(C)(NC(=O)C(c1ccccc1C(F)(F)F)N(C(=O)O)C(C)(C)C)C(N)=O. The Bertz CT molecular complexity index is 770. The lowest BCUT2D eigenvalue weighted by Crippen LogP contribution is -2.58. The van der Waals surface area contributed by atoms with Gasteiger partial charge in [-0.3, -0.25) is 14.5 Å². The van der Waals surface area contributed by atoms with Gasteiger partial charge in [0.1, 0.15) is 11.6 Å². The van der Waals surface area contributed by atoms with Crippen molar-refractivity contribution in [2.45, 2.75) is 57.9 Å². The van der Waals surface area contributed by atoms with Crippen molar-refractivity contribution in [1.29, 1.82) is 0 Å². The van der Waals surface area contributed by atoms with Gasteiger partial charge in [-0.2, -0.15) is 13.2 Å². The van der Waals surface area contributed by atoms with Gasteiger partial charge in [0, 0.05) is 5.54 Å². The van der Waals surface area contributed by atoms with Crippen LogP contribution in [0.3, 0.4) is 0 Å². The van der Waals surface area contributed by atoms with Crippen LogP contribution in [0.5, 0.6) is 0 Å². The highest BCUT2D eigenvalue weighted by Crippen LogP contribution is 2.38. The summed E-state index contributed by atoms with van der Waals surface area (Å²) < 4.78 is 40.6. The Hall–Kier alpha value is -2.78. The van der Waals surface area contributed by atoms with Crippen LogP contribution in [-0.2, 0) is 15.8 Å². The first kappa shape index (κ1) is 23.3. The molecule has 0 aliphatic carbocycles. The van der Waals surface area contributed by atoms with Gasteiger partial charge in [0.2, 0.25) is 11.8 Å². The van der Waals surface area contributed by atoms with Crippen LogP contribution in [0.2, 0.25) is 0 Å². The molecule has 1 aromatic carbocycles. The summed E-state index contributed by atoms with van der Waals surface area (Å²) in [7, 11) is 0. The second kappa shape index (κ2) is 7.69. The van der Waals surface area contributed by atoms with E-state index in [4.69, 9.17) is 5.73 Å². The first-order valence-electron chi connectivity index (χ1n) is 8.30. The van der Waals surface area contributed by atoms with Gasteiger partial charge in [-0.1, -0.05) is 18.2 Å². The maximum Gasteiger partial charge on any atom is 0.416 e. The number of carbonyl (C=O) groups is 3. The van der Waals surface area contributed by atoms with E-state index in [1.54, 1.807) is 0 Å². The van der Waals surface area contributed by atoms with Crippen molar-refractivity contribution >= 4 is 17.9 Å². The number of benzene rings is 1. The molecule has 1 aromatic rings. The van der Waals surface area contributed by atoms with Crippen molar-refractivity contribution in [2.75, 3.05) is 0 Å². The largest absolute Gasteiger partial charge is 0.465 e. The fraction of sp³-hybridized carbons (Fsp3) is 0.500. The van der Waals surface area contributed by atoms with Crippen LogP contribution in [0.1, 0.15) is 51.8 Å². The zero-order valence-corrected chi connectivity index (χ0v) is 16.2. The highest BCUT2D eigenvalue weighted by Gasteiger charge is 2.45. The molecule has 0 heterocycles. The van der Waals surface area contributed by atoms with E-state index >= 15 is 0 Å². The molecule has 1 rings (SSSR count). The number of halogens is 3. The maximum atomic E-state index is 13.5. The number of nitrogens with zero attached hydrogens (tertiary/aromatic N) is 1. The normalized spacial score (nSPS) is 13.6. The van der Waals surface area contributed by atoms with Crippen LogP contribution >= 0.6 is 0 Å². The van der Waals surface area contributed by atoms with Crippen LogP contribution < -0.4 is 11.1 Å². The van der Waals surface area contributed by atoms with E-state index in [1.165, 1.54) is 40.7 Å². The fourth-order valence-corrected chi connectivity index (χ4v) is 2.61. The summed E-state index contributed by atoms with van der Waals surface area (Å²) in [5.74, 6) is -2.03. The van der Waals surface area contributed by atoms with Crippen LogP contribution in [0.15, 0.2) is 24.3 Å². The van der Waals surface area contributed by atoms with E-state index in [1.807, 2.05) is 0 Å². The first-order chi connectivity index (χ1) is 12.5. The van der Waals surface area contributed by atoms with Crippen LogP contribution in [0.25, 0.3) is 0 Å². The summed E-state index contributed by atoms with van der Waals surface area (Å²) in [6.45, 7) is 6.86. The second-order valence-electron chi connectivity index (χ2n) is 7.79. The minimum atomic E-state index is -4.82. The Balaban J connectivity index is 3.70. The highest BCUT2D eigenvalue weighted by molar-refractivity contribution is 5.93. The predicted molar refractivity (Wildman–Crippen MR) is 95.2 cm³/mol. The zero-order valence-electron chi connectivity index (χ0n) is 16.2. The van der Waals surface area contributed by atoms with Crippen molar-refractivity contribution in [3.05, 3.63) is 35.4 Å². The lowest BCUT2D eigenvalue weighted by atomic mass is 9.93. The summed E-state index contributed by atoms with van der Waals surface area (Å²) in [4.78, 5) is 37.0. The Kier molecular flexibility index (Phi) is 6.38. The van der Waals surface area contributed by atoms with E-state index in [-0.39, 0.29) is 0 Å². The first-order valence-corrected chi connectivity index (χ1v) is 8.30. The molecule has 10 heteroatoms. The van der Waals surface area contributed by atoms with Gasteiger partial charge in [-0.15, -0.1) is 0 Å². The second-order valence-corrected chi connectivity index (χ2v) is 7.79. The molecule has 7 nitrogen and oxygen atoms in total. The number of hydrogen-bond acceptors (Lipinski definition) is 3. The highest BCUT2D eigenvalue weighted by atomic mass is 19.4. The number of nitrogens with one attached hydrogen (secondary N) is 1. The molecule has 3 amide bonds. The lowest BCUT2D eigenvalue weighted by molar-refractivity contribution is -0.141. The monoisotopic (exact) mass is 403 g/mol. The van der Waals surface area contributed by atoms with Gasteiger partial charge in [-0.25, -0.2) is 4.79 Å². The Morgan fingerprint density at radius 2 is 1.57 bits per heavy atom. The van der Waals surface area contributed by atoms with Crippen LogP contribution in [-0.4, -0.2) is 39.0 Å². The van der Waals surface area contributed by atoms with E-state index in [0.29, 0.717) is 4.90 Å². The molecule has 0 aromatic heterocycles. The predicted octanol–water partition coefficient (Wildman–Crippen LogP) is 2.91. The number of amides is 3. The van der Waals surface area contributed by atoms with Gasteiger partial charge in [0.25, 0.3) is 0 Å². The number of rotatable bonds is 5. The average molecular weight is 403 g/mol. The van der Waals surface area contributed by atoms with Gasteiger partial charge in [0.05, 0.1) is 5.56 Å². The maximum absolute atomic E-state index is 13.5. The van der Waals surface area contributed by atoms with E-state index in [9.17, 15) is 32.7 Å². The Morgan fingerprint density at radius 3 is 1.96 bits per heavy atom. The summed E-state index contributed by atoms with van der Waals surface area (Å²) in [5, 5.41) is 11.9. The molecule has 1 atom stereocenters. The summed E-state index contributed by atoms with van der Waals surface area (Å²) in [5.41, 5.74) is 0.674. The van der Waals surface area contributed by atoms with Crippen LogP contribution in [0.4, 0.5) is 18.0 Å². The van der Waals surface area contributed by atoms with E-state index in [0.717, 1.165) is 18.2 Å². The van der Waals surface area contributed by atoms with Crippen molar-refractivity contribution in [3.63, 3.8) is 0 Å². The summed E-state index contributed by atoms with van der Waals surface area (Å²) in [6, 6.07) is 2.33. The molecular weight excluding hydrogens is 379 g/mol. The standard InChI is InChI=1S/C18H24F3N3O4/c1-16(2,3)24(15(27)28)12(13(25)23-17(4,5)14(22)26)10-8-6-7-9-11(10)18(19,20)21/h6-9,12H,1-5H3,(H2,22,26)(H,23,25)(H,27,28). The van der Waals surface area contributed by atoms with Gasteiger partial charge in [-0.05, 0) is 46.2 Å². The zero-order chi connectivity index (χ0) is 22.1. The molecule has 0 saturated carbocycles. The number of carboxylic acid groups (broad SMARTS) is 1. The Morgan fingerprint density at radius 1 is 1.07 bits per heavy atom. The minimum absolute atomic E-state index is 0.551. The van der Waals surface area contributed by atoms with Crippen molar-refractivity contribution < 1.29 is 32.7 Å². The molecular formula is C18H24F3N3O4. The quantitative estimate of drug-likeness (QED) is 0.702. The molecule has 4 N–H and O–H groups in total. The smallest absolute Gasteiger partial charge is 0.416 e. The van der Waals surface area contributed by atoms with Crippen molar-refractivity contribution in [3.8, 4) is 0 Å². The molecule has 156 valence electrons. The molecule has 0 radical (unpaired) electrons. The summed E-state index contributed by atoms with van der Waals surface area (Å²) >= 11 is 0. The number of nitrogens with two attached hydrogens (primary N) is 1. The molecule has 0 spiro atoms. The third-order valence-corrected chi connectivity index (χ3v) is 4.05. The third-order valence-electron chi connectivity index (χ3n) is 4.05. The molecule has 28 heavy (non-hydrogen) atoms. The number of alkyl halides is 3. The van der Waals surface area contributed by atoms with E-state index < -0.39 is 52.3 Å². The molecule has 0 aliphatic heterocycles. The fourth-order valence-electron chi connectivity index (χ4n) is 2.61. The van der Waals surface area contributed by atoms with Gasteiger partial charge in [0.15, 0.2) is 0 Å². The molecule has 0 aliphatic rings. The molecule has 0 bridgehead atoms. The topological polar surface area (TPSA) is 113 Å². The third kappa shape index (κ3) is 5.14. The number of carbonyl (C=O) groups excluding carboxylic acids is 2.